The van der Waals surface area contributed by atoms with Crippen molar-refractivity contribution in [3.8, 4) is 0 Å². The van der Waals surface area contributed by atoms with Crippen molar-refractivity contribution in [1.82, 2.24) is 0 Å². The lowest BCUT2D eigenvalue weighted by Gasteiger charge is -2.21. The molecular weight excluding hydrogens is 248 g/mol. The van der Waals surface area contributed by atoms with Crippen molar-refractivity contribution < 1.29 is 4.79 Å². The van der Waals surface area contributed by atoms with Crippen LogP contribution in [-0.4, -0.2) is 19.0 Å². The summed E-state index contributed by atoms with van der Waals surface area (Å²) in [6.07, 6.45) is 0. The van der Waals surface area contributed by atoms with Gasteiger partial charge in [0.15, 0.2) is 0 Å². The predicted molar refractivity (Wildman–Crippen MR) is 84.4 cm³/mol. The van der Waals surface area contributed by atoms with Gasteiger partial charge in [0.25, 0.3) is 5.91 Å². The van der Waals surface area contributed by atoms with E-state index in [4.69, 9.17) is 0 Å². The van der Waals surface area contributed by atoms with Crippen molar-refractivity contribution in [1.29, 1.82) is 0 Å². The molecule has 0 radical (unpaired) electrons. The van der Waals surface area contributed by atoms with Gasteiger partial charge in [0.2, 0.25) is 0 Å². The molecule has 0 atom stereocenters. The van der Waals surface area contributed by atoms with Crippen LogP contribution in [0, 0.1) is 0 Å². The summed E-state index contributed by atoms with van der Waals surface area (Å²) in [6, 6.07) is 17.2. The Labute approximate surface area is 120 Å². The van der Waals surface area contributed by atoms with Crippen LogP contribution in [0.5, 0.6) is 0 Å². The highest BCUT2D eigenvalue weighted by atomic mass is 16.1. The van der Waals surface area contributed by atoms with E-state index in [2.05, 4.69) is 24.1 Å². The van der Waals surface area contributed by atoms with E-state index < -0.39 is 0 Å². The van der Waals surface area contributed by atoms with Crippen molar-refractivity contribution in [2.75, 3.05) is 23.3 Å². The number of benzene rings is 2. The first-order valence-corrected chi connectivity index (χ1v) is 6.96. The molecule has 0 saturated carbocycles. The number of nitrogens with one attached hydrogen (secondary N) is 1. The molecule has 0 aliphatic carbocycles. The Kier molecular flexibility index (Phi) is 4.77. The summed E-state index contributed by atoms with van der Waals surface area (Å²) in [4.78, 5) is 14.3. The number of hydrogen-bond acceptors (Lipinski definition) is 2. The predicted octanol–water partition coefficient (Wildman–Crippen LogP) is 3.79. The number of nitrogens with zero attached hydrogens (tertiary/aromatic N) is 1. The van der Waals surface area contributed by atoms with Crippen LogP contribution in [-0.2, 0) is 0 Å². The van der Waals surface area contributed by atoms with Crippen molar-refractivity contribution in [2.24, 2.45) is 0 Å². The Bertz CT molecular complexity index is 545. The maximum absolute atomic E-state index is 12.0. The minimum Gasteiger partial charge on any atom is -0.372 e. The van der Waals surface area contributed by atoms with E-state index in [-0.39, 0.29) is 5.91 Å². The molecule has 0 saturated heterocycles. The first-order chi connectivity index (χ1) is 9.74. The van der Waals surface area contributed by atoms with Crippen LogP contribution in [0.15, 0.2) is 54.6 Å². The highest BCUT2D eigenvalue weighted by Crippen LogP contribution is 2.18. The first-order valence-electron chi connectivity index (χ1n) is 6.96. The van der Waals surface area contributed by atoms with Gasteiger partial charge in [0.1, 0.15) is 0 Å². The van der Waals surface area contributed by atoms with Gasteiger partial charge >= 0.3 is 0 Å². The first kappa shape index (κ1) is 14.1. The molecule has 20 heavy (non-hydrogen) atoms. The van der Waals surface area contributed by atoms with E-state index in [9.17, 15) is 4.79 Å². The molecule has 2 aromatic carbocycles. The summed E-state index contributed by atoms with van der Waals surface area (Å²) in [5, 5.41) is 2.90. The van der Waals surface area contributed by atoms with E-state index in [1.54, 1.807) is 12.1 Å². The summed E-state index contributed by atoms with van der Waals surface area (Å²) >= 11 is 0. The van der Waals surface area contributed by atoms with Crippen molar-refractivity contribution >= 4 is 17.3 Å². The number of carbonyl (C=O) groups is 1. The molecule has 0 aliphatic rings. The highest BCUT2D eigenvalue weighted by molar-refractivity contribution is 6.04. The van der Waals surface area contributed by atoms with Crippen LogP contribution >= 0.6 is 0 Å². The van der Waals surface area contributed by atoms with Crippen LogP contribution in [0.25, 0.3) is 0 Å². The number of amides is 1. The molecule has 0 aromatic heterocycles. The molecule has 0 fully saturated rings. The van der Waals surface area contributed by atoms with Crippen LogP contribution in [0.4, 0.5) is 11.4 Å². The van der Waals surface area contributed by atoms with Crippen molar-refractivity contribution in [2.45, 2.75) is 13.8 Å². The smallest absolute Gasteiger partial charge is 0.255 e. The fourth-order valence-electron chi connectivity index (χ4n) is 2.14. The van der Waals surface area contributed by atoms with Crippen molar-refractivity contribution in [3.05, 3.63) is 60.2 Å². The minimum absolute atomic E-state index is 0.0822. The van der Waals surface area contributed by atoms with Gasteiger partial charge in [-0.15, -0.1) is 0 Å². The summed E-state index contributed by atoms with van der Waals surface area (Å²) in [5.41, 5.74) is 2.66. The van der Waals surface area contributed by atoms with E-state index in [0.29, 0.717) is 5.56 Å². The molecule has 104 valence electrons. The second kappa shape index (κ2) is 6.75. The average molecular weight is 268 g/mol. The molecule has 0 aliphatic heterocycles. The third-order valence-corrected chi connectivity index (χ3v) is 3.29. The molecule has 0 spiro atoms. The molecule has 0 heterocycles. The molecule has 0 bridgehead atoms. The fraction of sp³-hybridized carbons (Fsp3) is 0.235. The third kappa shape index (κ3) is 3.38. The van der Waals surface area contributed by atoms with Gasteiger partial charge in [-0.05, 0) is 50.2 Å². The summed E-state index contributed by atoms with van der Waals surface area (Å²) in [6.45, 7) is 6.22. The minimum atomic E-state index is -0.0822. The number of carbonyl (C=O) groups excluding carboxylic acids is 1. The van der Waals surface area contributed by atoms with Crippen LogP contribution < -0.4 is 10.2 Å². The Morgan fingerprint density at radius 2 is 1.55 bits per heavy atom. The van der Waals surface area contributed by atoms with Crippen LogP contribution in [0.1, 0.15) is 24.2 Å². The zero-order valence-electron chi connectivity index (χ0n) is 12.0. The van der Waals surface area contributed by atoms with Gasteiger partial charge < -0.3 is 10.2 Å². The molecule has 3 nitrogen and oxygen atoms in total. The van der Waals surface area contributed by atoms with Gasteiger partial charge in [-0.25, -0.2) is 0 Å². The number of anilines is 2. The maximum atomic E-state index is 12.0. The fourth-order valence-corrected chi connectivity index (χ4v) is 2.14. The van der Waals surface area contributed by atoms with Gasteiger partial charge in [-0.1, -0.05) is 18.2 Å². The number of hydrogen-bond donors (Lipinski definition) is 1. The molecular formula is C17H20N2O. The largest absolute Gasteiger partial charge is 0.372 e. The normalized spacial score (nSPS) is 10.1. The molecule has 1 amide bonds. The zero-order valence-corrected chi connectivity index (χ0v) is 12.0. The standard InChI is InChI=1S/C17H20N2O/c1-3-19(4-2)16-12-10-15(11-13-16)18-17(20)14-8-6-5-7-9-14/h5-13H,3-4H2,1-2H3,(H,18,20). The molecule has 2 aromatic rings. The van der Waals surface area contributed by atoms with Crippen LogP contribution in [0.3, 0.4) is 0 Å². The summed E-state index contributed by atoms with van der Waals surface area (Å²) < 4.78 is 0. The lowest BCUT2D eigenvalue weighted by Crippen LogP contribution is -2.21. The molecule has 2 rings (SSSR count). The Balaban J connectivity index is 2.06. The van der Waals surface area contributed by atoms with Gasteiger partial charge in [0.05, 0.1) is 0 Å². The number of rotatable bonds is 5. The molecule has 1 N–H and O–H groups in total. The lowest BCUT2D eigenvalue weighted by atomic mass is 10.2. The topological polar surface area (TPSA) is 32.3 Å². The summed E-state index contributed by atoms with van der Waals surface area (Å²) in [7, 11) is 0. The van der Waals surface area contributed by atoms with Crippen LogP contribution in [0.2, 0.25) is 0 Å². The highest BCUT2D eigenvalue weighted by Gasteiger charge is 2.06. The quantitative estimate of drug-likeness (QED) is 0.895. The second-order valence-corrected chi connectivity index (χ2v) is 4.54. The Hall–Kier alpha value is -2.29. The van der Waals surface area contributed by atoms with Crippen molar-refractivity contribution in [3.63, 3.8) is 0 Å². The zero-order chi connectivity index (χ0) is 14.4. The second-order valence-electron chi connectivity index (χ2n) is 4.54. The molecule has 0 unspecified atom stereocenters. The van der Waals surface area contributed by atoms with E-state index in [1.165, 1.54) is 5.69 Å². The van der Waals surface area contributed by atoms with E-state index >= 15 is 0 Å². The summed E-state index contributed by atoms with van der Waals surface area (Å²) in [5.74, 6) is -0.0822. The van der Waals surface area contributed by atoms with Gasteiger partial charge in [-0.3, -0.25) is 4.79 Å². The monoisotopic (exact) mass is 268 g/mol. The third-order valence-electron chi connectivity index (χ3n) is 3.29. The van der Waals surface area contributed by atoms with E-state index in [1.807, 2.05) is 42.5 Å². The van der Waals surface area contributed by atoms with E-state index in [0.717, 1.165) is 18.8 Å². The Morgan fingerprint density at radius 1 is 0.950 bits per heavy atom. The lowest BCUT2D eigenvalue weighted by molar-refractivity contribution is 0.102. The maximum Gasteiger partial charge on any atom is 0.255 e. The molecule has 3 heteroatoms. The average Bonchev–Trinajstić information content (AvgIpc) is 2.51. The SMILES string of the molecule is CCN(CC)c1ccc(NC(=O)c2ccccc2)cc1. The Morgan fingerprint density at radius 3 is 2.10 bits per heavy atom. The van der Waals surface area contributed by atoms with Gasteiger partial charge in [-0.2, -0.15) is 0 Å². The van der Waals surface area contributed by atoms with Gasteiger partial charge in [0, 0.05) is 30.0 Å².